The van der Waals surface area contributed by atoms with Gasteiger partial charge in [-0.25, -0.2) is 4.98 Å². The molecule has 48 heavy (non-hydrogen) atoms. The quantitative estimate of drug-likeness (QED) is 0.188. The average molecular weight is 619 g/mol. The second-order valence-electron chi connectivity index (χ2n) is 12.0. The smallest absolute Gasteiger partial charge is 0.225 e. The molecule has 0 spiro atoms. The fourth-order valence-corrected chi connectivity index (χ4v) is 6.98. The Hall–Kier alpha value is -6.39. The number of hydrogen-bond donors (Lipinski definition) is 1. The summed E-state index contributed by atoms with van der Waals surface area (Å²) in [6.07, 6.45) is 6.65. The molecule has 1 unspecified atom stereocenters. The van der Waals surface area contributed by atoms with Gasteiger partial charge in [-0.15, -0.1) is 0 Å². The zero-order chi connectivity index (χ0) is 31.9. The van der Waals surface area contributed by atoms with Gasteiger partial charge in [-0.3, -0.25) is 0 Å². The molecule has 0 radical (unpaired) electrons. The SMILES string of the molecule is C1=COC(c2cccc(-c3c4ccccc4c(-c4cccc(-c5ncco5)c4)c4ccc(-c5cccc(-c6ccccc6)c5)cc34)c2)N1. The molecule has 0 amide bonds. The number of ether oxygens (including phenoxy) is 1. The summed E-state index contributed by atoms with van der Waals surface area (Å²) in [5.41, 5.74) is 11.4. The van der Waals surface area contributed by atoms with E-state index in [9.17, 15) is 0 Å². The third-order valence-electron chi connectivity index (χ3n) is 9.17. The molecule has 4 heteroatoms. The van der Waals surface area contributed by atoms with Crippen molar-refractivity contribution in [1.29, 1.82) is 0 Å². The van der Waals surface area contributed by atoms with E-state index < -0.39 is 0 Å². The second kappa shape index (κ2) is 11.8. The molecule has 0 aliphatic carbocycles. The summed E-state index contributed by atoms with van der Waals surface area (Å²) in [5.74, 6) is 0.608. The number of nitrogens with zero attached hydrogens (tertiary/aromatic N) is 1. The summed E-state index contributed by atoms with van der Waals surface area (Å²) in [6, 6.07) is 52.2. The number of aromatic nitrogens is 1. The normalized spacial score (nSPS) is 13.9. The van der Waals surface area contributed by atoms with E-state index in [-0.39, 0.29) is 6.23 Å². The first kappa shape index (κ1) is 27.9. The van der Waals surface area contributed by atoms with Crippen LogP contribution in [0.15, 0.2) is 175 Å². The molecular weight excluding hydrogens is 588 g/mol. The number of fused-ring (bicyclic) bond motifs is 2. The van der Waals surface area contributed by atoms with Crippen LogP contribution in [-0.2, 0) is 4.74 Å². The summed E-state index contributed by atoms with van der Waals surface area (Å²) in [6.45, 7) is 0. The van der Waals surface area contributed by atoms with Crippen molar-refractivity contribution in [1.82, 2.24) is 10.3 Å². The molecule has 0 saturated heterocycles. The maximum Gasteiger partial charge on any atom is 0.225 e. The van der Waals surface area contributed by atoms with Crippen molar-refractivity contribution in [2.45, 2.75) is 6.23 Å². The van der Waals surface area contributed by atoms with Gasteiger partial charge >= 0.3 is 0 Å². The van der Waals surface area contributed by atoms with E-state index in [2.05, 4.69) is 150 Å². The van der Waals surface area contributed by atoms with Crippen molar-refractivity contribution in [2.75, 3.05) is 0 Å². The van der Waals surface area contributed by atoms with Gasteiger partial charge in [-0.05, 0) is 96.4 Å². The molecule has 0 bridgehead atoms. The van der Waals surface area contributed by atoms with Gasteiger partial charge in [0.1, 0.15) is 12.5 Å². The molecule has 9 rings (SSSR count). The number of nitrogens with one attached hydrogen (secondary N) is 1. The monoisotopic (exact) mass is 618 g/mol. The molecule has 1 aliphatic rings. The summed E-state index contributed by atoms with van der Waals surface area (Å²) in [7, 11) is 0. The van der Waals surface area contributed by atoms with Crippen LogP contribution in [0.1, 0.15) is 11.8 Å². The molecule has 1 aliphatic heterocycles. The molecule has 1 N–H and O–H groups in total. The lowest BCUT2D eigenvalue weighted by Gasteiger charge is -2.20. The summed E-state index contributed by atoms with van der Waals surface area (Å²) >= 11 is 0. The number of hydrogen-bond acceptors (Lipinski definition) is 4. The third kappa shape index (κ3) is 4.91. The van der Waals surface area contributed by atoms with Crippen LogP contribution in [0.4, 0.5) is 0 Å². The molecule has 2 heterocycles. The molecule has 8 aromatic rings. The van der Waals surface area contributed by atoms with Crippen molar-refractivity contribution in [3.63, 3.8) is 0 Å². The van der Waals surface area contributed by atoms with E-state index >= 15 is 0 Å². The van der Waals surface area contributed by atoms with Gasteiger partial charge in [-0.2, -0.15) is 0 Å². The maximum atomic E-state index is 5.84. The number of oxazole rings is 1. The van der Waals surface area contributed by atoms with Crippen LogP contribution in [-0.4, -0.2) is 4.98 Å². The largest absolute Gasteiger partial charge is 0.473 e. The highest BCUT2D eigenvalue weighted by Gasteiger charge is 2.20. The van der Waals surface area contributed by atoms with Crippen LogP contribution < -0.4 is 5.32 Å². The number of benzene rings is 7. The Morgan fingerprint density at radius 3 is 1.83 bits per heavy atom. The van der Waals surface area contributed by atoms with E-state index in [0.29, 0.717) is 5.89 Å². The Balaban J connectivity index is 1.32. The first-order valence-corrected chi connectivity index (χ1v) is 16.1. The predicted molar refractivity (Wildman–Crippen MR) is 195 cm³/mol. The minimum absolute atomic E-state index is 0.212. The predicted octanol–water partition coefficient (Wildman–Crippen LogP) is 11.4. The highest BCUT2D eigenvalue weighted by Crippen LogP contribution is 2.46. The minimum Gasteiger partial charge on any atom is -0.473 e. The molecule has 228 valence electrons. The van der Waals surface area contributed by atoms with Crippen molar-refractivity contribution in [2.24, 2.45) is 0 Å². The maximum absolute atomic E-state index is 5.84. The Morgan fingerprint density at radius 1 is 0.479 bits per heavy atom. The van der Waals surface area contributed by atoms with Crippen molar-refractivity contribution < 1.29 is 9.15 Å². The highest BCUT2D eigenvalue weighted by atomic mass is 16.5. The van der Waals surface area contributed by atoms with E-state index in [0.717, 1.165) is 27.8 Å². The Morgan fingerprint density at radius 2 is 1.08 bits per heavy atom. The molecule has 7 aromatic carbocycles. The Labute approximate surface area is 278 Å². The molecule has 4 nitrogen and oxygen atoms in total. The van der Waals surface area contributed by atoms with Crippen LogP contribution in [0.25, 0.3) is 77.5 Å². The third-order valence-corrected chi connectivity index (χ3v) is 9.17. The fourth-order valence-electron chi connectivity index (χ4n) is 6.98. The van der Waals surface area contributed by atoms with Crippen LogP contribution in [0.3, 0.4) is 0 Å². The van der Waals surface area contributed by atoms with Gasteiger partial charge in [0, 0.05) is 17.3 Å². The van der Waals surface area contributed by atoms with Crippen molar-refractivity contribution in [3.05, 3.63) is 176 Å². The first-order chi connectivity index (χ1) is 23.8. The van der Waals surface area contributed by atoms with Crippen LogP contribution in [0.2, 0.25) is 0 Å². The van der Waals surface area contributed by atoms with E-state index in [1.54, 1.807) is 18.7 Å². The van der Waals surface area contributed by atoms with Gasteiger partial charge in [0.15, 0.2) is 6.23 Å². The summed E-state index contributed by atoms with van der Waals surface area (Å²) in [5, 5.41) is 8.04. The lowest BCUT2D eigenvalue weighted by Crippen LogP contribution is -2.11. The van der Waals surface area contributed by atoms with Gasteiger partial charge in [0.2, 0.25) is 5.89 Å². The van der Waals surface area contributed by atoms with E-state index in [1.807, 2.05) is 12.3 Å². The molecule has 0 fully saturated rings. The topological polar surface area (TPSA) is 47.3 Å². The average Bonchev–Trinajstić information content (AvgIpc) is 3.90. The zero-order valence-corrected chi connectivity index (χ0v) is 26.0. The van der Waals surface area contributed by atoms with E-state index in [4.69, 9.17) is 9.15 Å². The summed E-state index contributed by atoms with van der Waals surface area (Å²) in [4.78, 5) is 4.43. The lowest BCUT2D eigenvalue weighted by atomic mass is 9.84. The van der Waals surface area contributed by atoms with Crippen LogP contribution in [0, 0.1) is 0 Å². The molecular formula is C44H30N2O2. The van der Waals surface area contributed by atoms with Crippen LogP contribution >= 0.6 is 0 Å². The zero-order valence-electron chi connectivity index (χ0n) is 26.0. The van der Waals surface area contributed by atoms with Crippen LogP contribution in [0.5, 0.6) is 0 Å². The van der Waals surface area contributed by atoms with Crippen molar-refractivity contribution >= 4 is 21.5 Å². The molecule has 1 aromatic heterocycles. The lowest BCUT2D eigenvalue weighted by molar-refractivity contribution is 0.155. The highest BCUT2D eigenvalue weighted by molar-refractivity contribution is 6.22. The first-order valence-electron chi connectivity index (χ1n) is 16.1. The van der Waals surface area contributed by atoms with Gasteiger partial charge in [-0.1, -0.05) is 115 Å². The van der Waals surface area contributed by atoms with Gasteiger partial charge in [0.05, 0.1) is 6.20 Å². The van der Waals surface area contributed by atoms with Crippen molar-refractivity contribution in [3.8, 4) is 56.0 Å². The van der Waals surface area contributed by atoms with E-state index in [1.165, 1.54) is 49.4 Å². The Kier molecular flexibility index (Phi) is 6.83. The number of rotatable bonds is 6. The Bertz CT molecular complexity index is 2460. The minimum atomic E-state index is -0.212. The fraction of sp³-hybridized carbons (Fsp3) is 0.0227. The molecule has 0 saturated carbocycles. The van der Waals surface area contributed by atoms with Gasteiger partial charge in [0.25, 0.3) is 0 Å². The molecule has 1 atom stereocenters. The van der Waals surface area contributed by atoms with Gasteiger partial charge < -0.3 is 14.5 Å². The second-order valence-corrected chi connectivity index (χ2v) is 12.0. The summed E-state index contributed by atoms with van der Waals surface area (Å²) < 4.78 is 11.5. The standard InChI is InChI=1S/C44H30N2O2/c1-2-9-29(10-3-1)30-11-6-12-31(25-30)32-19-20-39-40(28-32)42(34-14-8-16-36(27-34)44-46-22-24-48-44)38-18-5-4-17-37(38)41(39)33-13-7-15-35(26-33)43-45-21-23-47-43/h1-28,44,46H.